The van der Waals surface area contributed by atoms with E-state index in [0.29, 0.717) is 11.3 Å². The molecule has 0 heterocycles. The van der Waals surface area contributed by atoms with E-state index in [2.05, 4.69) is 10.6 Å². The summed E-state index contributed by atoms with van der Waals surface area (Å²) in [5.74, 6) is -1.89. The highest BCUT2D eigenvalue weighted by atomic mass is 16.4. The van der Waals surface area contributed by atoms with Crippen molar-refractivity contribution in [2.75, 3.05) is 11.9 Å². The quantitative estimate of drug-likeness (QED) is 0.739. The van der Waals surface area contributed by atoms with Gasteiger partial charge in [0.25, 0.3) is 5.91 Å². The molecular formula is C15H18N2O4. The lowest BCUT2D eigenvalue weighted by Crippen LogP contribution is -2.31. The summed E-state index contributed by atoms with van der Waals surface area (Å²) >= 11 is 0. The minimum atomic E-state index is -0.958. The fourth-order valence-electron chi connectivity index (χ4n) is 1.76. The number of hydrogen-bond donors (Lipinski definition) is 3. The van der Waals surface area contributed by atoms with Crippen LogP contribution in [-0.2, 0) is 9.59 Å². The molecule has 1 unspecified atom stereocenters. The first-order valence-electron chi connectivity index (χ1n) is 6.89. The summed E-state index contributed by atoms with van der Waals surface area (Å²) in [5.41, 5.74) is 0.965. The van der Waals surface area contributed by atoms with Gasteiger partial charge in [-0.15, -0.1) is 0 Å². The zero-order valence-corrected chi connectivity index (χ0v) is 11.8. The lowest BCUT2D eigenvalue weighted by Gasteiger charge is -2.10. The Morgan fingerprint density at radius 1 is 1.33 bits per heavy atom. The fraction of sp³-hybridized carbons (Fsp3) is 0.400. The van der Waals surface area contributed by atoms with Crippen molar-refractivity contribution in [1.29, 1.82) is 0 Å². The van der Waals surface area contributed by atoms with Crippen LogP contribution in [0.4, 0.5) is 5.69 Å². The second-order valence-electron chi connectivity index (χ2n) is 5.29. The first-order valence-corrected chi connectivity index (χ1v) is 6.89. The van der Waals surface area contributed by atoms with Crippen molar-refractivity contribution in [2.24, 2.45) is 11.8 Å². The molecule has 112 valence electrons. The minimum Gasteiger partial charge on any atom is -0.481 e. The molecule has 21 heavy (non-hydrogen) atoms. The van der Waals surface area contributed by atoms with Gasteiger partial charge in [0.1, 0.15) is 0 Å². The van der Waals surface area contributed by atoms with Gasteiger partial charge in [0.05, 0.1) is 5.92 Å². The van der Waals surface area contributed by atoms with Crippen molar-refractivity contribution >= 4 is 23.5 Å². The summed E-state index contributed by atoms with van der Waals surface area (Å²) in [6, 6.07) is 6.60. The van der Waals surface area contributed by atoms with Crippen LogP contribution in [0.15, 0.2) is 24.3 Å². The molecule has 1 fully saturated rings. The van der Waals surface area contributed by atoms with Gasteiger partial charge in [0, 0.05) is 23.7 Å². The molecule has 3 N–H and O–H groups in total. The number of rotatable bonds is 6. The molecule has 1 saturated carbocycles. The smallest absolute Gasteiger partial charge is 0.308 e. The van der Waals surface area contributed by atoms with Crippen molar-refractivity contribution in [3.8, 4) is 0 Å². The third kappa shape index (κ3) is 4.30. The Labute approximate surface area is 122 Å². The topological polar surface area (TPSA) is 95.5 Å². The van der Waals surface area contributed by atoms with Gasteiger partial charge in [-0.2, -0.15) is 0 Å². The normalized spacial score (nSPS) is 15.1. The highest BCUT2D eigenvalue weighted by Crippen LogP contribution is 2.30. The van der Waals surface area contributed by atoms with Crippen LogP contribution in [0.1, 0.15) is 30.1 Å². The van der Waals surface area contributed by atoms with Gasteiger partial charge in [-0.3, -0.25) is 14.4 Å². The van der Waals surface area contributed by atoms with Crippen LogP contribution in [0, 0.1) is 11.8 Å². The fourth-order valence-corrected chi connectivity index (χ4v) is 1.76. The van der Waals surface area contributed by atoms with Crippen molar-refractivity contribution in [3.05, 3.63) is 29.8 Å². The van der Waals surface area contributed by atoms with E-state index in [-0.39, 0.29) is 24.3 Å². The number of carbonyl (C=O) groups excluding carboxylic acids is 2. The molecule has 0 saturated heterocycles. The first kappa shape index (κ1) is 15.0. The third-order valence-electron chi connectivity index (χ3n) is 3.33. The van der Waals surface area contributed by atoms with Gasteiger partial charge in [0.2, 0.25) is 5.91 Å². The number of amides is 2. The molecule has 6 nitrogen and oxygen atoms in total. The third-order valence-corrected chi connectivity index (χ3v) is 3.33. The molecule has 0 radical (unpaired) electrons. The summed E-state index contributed by atoms with van der Waals surface area (Å²) in [4.78, 5) is 34.3. The van der Waals surface area contributed by atoms with Crippen LogP contribution in [-0.4, -0.2) is 29.4 Å². The van der Waals surface area contributed by atoms with Crippen LogP contribution in [0.3, 0.4) is 0 Å². The van der Waals surface area contributed by atoms with Gasteiger partial charge in [0.15, 0.2) is 0 Å². The number of hydrogen-bond acceptors (Lipinski definition) is 3. The molecule has 6 heteroatoms. The molecule has 0 aromatic heterocycles. The second kappa shape index (κ2) is 6.39. The molecule has 1 aliphatic carbocycles. The number of carboxylic acid groups (broad SMARTS) is 1. The Hall–Kier alpha value is -2.37. The van der Waals surface area contributed by atoms with Gasteiger partial charge in [-0.05, 0) is 31.0 Å². The van der Waals surface area contributed by atoms with E-state index in [1.807, 2.05) is 0 Å². The van der Waals surface area contributed by atoms with Crippen molar-refractivity contribution in [1.82, 2.24) is 5.32 Å². The predicted octanol–water partition coefficient (Wildman–Crippen LogP) is 1.49. The van der Waals surface area contributed by atoms with E-state index in [1.54, 1.807) is 24.3 Å². The van der Waals surface area contributed by atoms with Crippen LogP contribution in [0.2, 0.25) is 0 Å². The minimum absolute atomic E-state index is 0.0212. The molecule has 0 bridgehead atoms. The maximum atomic E-state index is 11.9. The Bertz CT molecular complexity index is 567. The lowest BCUT2D eigenvalue weighted by molar-refractivity contribution is -0.140. The number of anilines is 1. The lowest BCUT2D eigenvalue weighted by atomic mass is 10.1. The Morgan fingerprint density at radius 3 is 2.67 bits per heavy atom. The monoisotopic (exact) mass is 290 g/mol. The summed E-state index contributed by atoms with van der Waals surface area (Å²) in [7, 11) is 0. The Kier molecular flexibility index (Phi) is 4.57. The van der Waals surface area contributed by atoms with Gasteiger partial charge < -0.3 is 15.7 Å². The van der Waals surface area contributed by atoms with Gasteiger partial charge in [-0.1, -0.05) is 13.0 Å². The second-order valence-corrected chi connectivity index (χ2v) is 5.29. The zero-order valence-electron chi connectivity index (χ0n) is 11.8. The highest BCUT2D eigenvalue weighted by molar-refractivity contribution is 5.98. The SMILES string of the molecule is CC(CNC(=O)c1cccc(NC(=O)C2CC2)c1)C(=O)O. The molecule has 0 aliphatic heterocycles. The molecule has 0 spiro atoms. The maximum Gasteiger partial charge on any atom is 0.308 e. The Balaban J connectivity index is 1.94. The maximum absolute atomic E-state index is 11.9. The molecule has 1 aromatic rings. The van der Waals surface area contributed by atoms with E-state index in [0.717, 1.165) is 12.8 Å². The van der Waals surface area contributed by atoms with E-state index in [4.69, 9.17) is 5.11 Å². The number of aliphatic carboxylic acids is 1. The molecule has 1 atom stereocenters. The van der Waals surface area contributed by atoms with Crippen LogP contribution in [0.25, 0.3) is 0 Å². The predicted molar refractivity (Wildman–Crippen MR) is 76.9 cm³/mol. The van der Waals surface area contributed by atoms with Crippen molar-refractivity contribution < 1.29 is 19.5 Å². The number of benzene rings is 1. The van der Waals surface area contributed by atoms with Crippen LogP contribution in [0.5, 0.6) is 0 Å². The first-order chi connectivity index (χ1) is 9.97. The summed E-state index contributed by atoms with van der Waals surface area (Å²) < 4.78 is 0. The molecule has 1 aliphatic rings. The highest BCUT2D eigenvalue weighted by Gasteiger charge is 2.29. The van der Waals surface area contributed by atoms with E-state index >= 15 is 0 Å². The van der Waals surface area contributed by atoms with Crippen molar-refractivity contribution in [2.45, 2.75) is 19.8 Å². The van der Waals surface area contributed by atoms with Gasteiger partial charge >= 0.3 is 5.97 Å². The van der Waals surface area contributed by atoms with Crippen molar-refractivity contribution in [3.63, 3.8) is 0 Å². The largest absolute Gasteiger partial charge is 0.481 e. The number of carboxylic acids is 1. The van der Waals surface area contributed by atoms with E-state index in [9.17, 15) is 14.4 Å². The van der Waals surface area contributed by atoms with Crippen LogP contribution < -0.4 is 10.6 Å². The molecule has 1 aromatic carbocycles. The van der Waals surface area contributed by atoms with Crippen LogP contribution >= 0.6 is 0 Å². The standard InChI is InChI=1S/C15H18N2O4/c1-9(15(20)21)8-16-13(18)11-3-2-4-12(7-11)17-14(19)10-5-6-10/h2-4,7,9-10H,5-6,8H2,1H3,(H,16,18)(H,17,19)(H,20,21). The number of carbonyl (C=O) groups is 3. The molecule has 2 amide bonds. The average molecular weight is 290 g/mol. The molecular weight excluding hydrogens is 272 g/mol. The average Bonchev–Trinajstić information content (AvgIpc) is 3.29. The zero-order chi connectivity index (χ0) is 15.4. The van der Waals surface area contributed by atoms with E-state index < -0.39 is 11.9 Å². The Morgan fingerprint density at radius 2 is 2.05 bits per heavy atom. The van der Waals surface area contributed by atoms with Gasteiger partial charge in [-0.25, -0.2) is 0 Å². The number of nitrogens with one attached hydrogen (secondary N) is 2. The summed E-state index contributed by atoms with van der Waals surface area (Å²) in [5, 5.41) is 14.1. The molecule has 2 rings (SSSR count). The summed E-state index contributed by atoms with van der Waals surface area (Å²) in [6.07, 6.45) is 1.83. The summed E-state index contributed by atoms with van der Waals surface area (Å²) in [6.45, 7) is 1.59. The van der Waals surface area contributed by atoms with E-state index in [1.165, 1.54) is 6.92 Å².